The molecule has 2 amide bonds. The van der Waals surface area contributed by atoms with Crippen molar-refractivity contribution in [3.05, 3.63) is 52.2 Å². The van der Waals surface area contributed by atoms with Crippen molar-refractivity contribution in [2.24, 2.45) is 0 Å². The van der Waals surface area contributed by atoms with E-state index in [1.165, 1.54) is 4.57 Å². The van der Waals surface area contributed by atoms with Gasteiger partial charge in [-0.25, -0.2) is 9.78 Å². The lowest BCUT2D eigenvalue weighted by Crippen LogP contribution is -2.38. The maximum absolute atomic E-state index is 12.0. The molecule has 0 saturated heterocycles. The summed E-state index contributed by atoms with van der Waals surface area (Å²) in [6.07, 6.45) is 3.77. The molecule has 1 aromatic carbocycles. The summed E-state index contributed by atoms with van der Waals surface area (Å²) in [6.45, 7) is 1.06. The minimum atomic E-state index is -0.305. The number of rotatable bonds is 8. The van der Waals surface area contributed by atoms with E-state index in [1.54, 1.807) is 32.7 Å². The quantitative estimate of drug-likeness (QED) is 0.735. The van der Waals surface area contributed by atoms with Crippen LogP contribution in [0.15, 0.2) is 35.4 Å². The molecule has 8 nitrogen and oxygen atoms in total. The van der Waals surface area contributed by atoms with Crippen LogP contribution in [0.5, 0.6) is 11.5 Å². The minimum absolute atomic E-state index is 0.0839. The Balaban J connectivity index is 1.44. The first-order chi connectivity index (χ1) is 13.1. The molecule has 1 aliphatic carbocycles. The lowest BCUT2D eigenvalue weighted by Gasteiger charge is -2.11. The molecule has 144 valence electrons. The van der Waals surface area contributed by atoms with E-state index in [-0.39, 0.29) is 11.6 Å². The summed E-state index contributed by atoms with van der Waals surface area (Å²) in [5, 5.41) is 5.51. The van der Waals surface area contributed by atoms with Crippen molar-refractivity contribution in [2.75, 3.05) is 20.8 Å². The van der Waals surface area contributed by atoms with Gasteiger partial charge in [-0.3, -0.25) is 9.36 Å². The Labute approximate surface area is 157 Å². The summed E-state index contributed by atoms with van der Waals surface area (Å²) in [5.41, 5.74) is 1.68. The van der Waals surface area contributed by atoms with E-state index in [1.807, 2.05) is 12.1 Å². The fraction of sp³-hybridized carbons (Fsp3) is 0.421. The number of amides is 2. The largest absolute Gasteiger partial charge is 0.493 e. The molecule has 0 radical (unpaired) electrons. The molecule has 0 bridgehead atoms. The number of carbonyl (C=O) groups is 1. The lowest BCUT2D eigenvalue weighted by atomic mass is 10.2. The van der Waals surface area contributed by atoms with Crippen molar-refractivity contribution in [1.29, 1.82) is 0 Å². The topological polar surface area (TPSA) is 94.5 Å². The van der Waals surface area contributed by atoms with E-state index in [0.29, 0.717) is 37.1 Å². The smallest absolute Gasteiger partial charge is 0.315 e. The van der Waals surface area contributed by atoms with Gasteiger partial charge >= 0.3 is 6.03 Å². The van der Waals surface area contributed by atoms with Crippen LogP contribution in [-0.4, -0.2) is 36.3 Å². The van der Waals surface area contributed by atoms with Gasteiger partial charge in [0.15, 0.2) is 11.5 Å². The number of ether oxygens (including phenoxy) is 2. The van der Waals surface area contributed by atoms with Crippen LogP contribution in [0.2, 0.25) is 0 Å². The van der Waals surface area contributed by atoms with Crippen LogP contribution in [-0.2, 0) is 13.1 Å². The van der Waals surface area contributed by atoms with Crippen LogP contribution in [0.25, 0.3) is 0 Å². The van der Waals surface area contributed by atoms with Gasteiger partial charge in [0.05, 0.1) is 26.2 Å². The van der Waals surface area contributed by atoms with Crippen molar-refractivity contribution >= 4 is 6.03 Å². The summed E-state index contributed by atoms with van der Waals surface area (Å²) < 4.78 is 11.9. The first kappa shape index (κ1) is 18.8. The predicted octanol–water partition coefficient (Wildman–Crippen LogP) is 1.64. The summed E-state index contributed by atoms with van der Waals surface area (Å²) >= 11 is 0. The van der Waals surface area contributed by atoms with Gasteiger partial charge in [0.2, 0.25) is 0 Å². The number of methoxy groups -OCH3 is 2. The second kappa shape index (κ2) is 8.57. The molecule has 3 rings (SSSR count). The molecule has 1 aromatic heterocycles. The van der Waals surface area contributed by atoms with Crippen LogP contribution in [0.1, 0.15) is 30.0 Å². The van der Waals surface area contributed by atoms with Crippen molar-refractivity contribution in [3.63, 3.8) is 0 Å². The van der Waals surface area contributed by atoms with Gasteiger partial charge < -0.3 is 20.1 Å². The summed E-state index contributed by atoms with van der Waals surface area (Å²) in [4.78, 5) is 28.3. The molecule has 27 heavy (non-hydrogen) atoms. The van der Waals surface area contributed by atoms with Crippen molar-refractivity contribution in [2.45, 2.75) is 31.8 Å². The zero-order chi connectivity index (χ0) is 19.2. The normalized spacial score (nSPS) is 13.1. The van der Waals surface area contributed by atoms with Gasteiger partial charge in [0.1, 0.15) is 0 Å². The highest BCUT2D eigenvalue weighted by molar-refractivity contribution is 5.73. The van der Waals surface area contributed by atoms with Gasteiger partial charge in [0, 0.05) is 31.6 Å². The number of aromatic nitrogens is 2. The van der Waals surface area contributed by atoms with E-state index < -0.39 is 0 Å². The molecule has 2 aromatic rings. The number of nitrogens with one attached hydrogen (secondary N) is 2. The van der Waals surface area contributed by atoms with Gasteiger partial charge in [0.25, 0.3) is 5.56 Å². The Kier molecular flexibility index (Phi) is 5.95. The third-order valence-electron chi connectivity index (χ3n) is 4.44. The average molecular weight is 372 g/mol. The molecule has 2 N–H and O–H groups in total. The molecule has 1 saturated carbocycles. The van der Waals surface area contributed by atoms with Gasteiger partial charge in [-0.05, 0) is 30.5 Å². The third kappa shape index (κ3) is 4.99. The molecular weight excluding hydrogens is 348 g/mol. The van der Waals surface area contributed by atoms with Crippen molar-refractivity contribution in [1.82, 2.24) is 20.2 Å². The van der Waals surface area contributed by atoms with Crippen LogP contribution in [0, 0.1) is 0 Å². The zero-order valence-corrected chi connectivity index (χ0v) is 15.5. The molecule has 1 fully saturated rings. The molecule has 0 spiro atoms. The fourth-order valence-corrected chi connectivity index (χ4v) is 2.74. The Morgan fingerprint density at radius 1 is 1.19 bits per heavy atom. The monoisotopic (exact) mass is 372 g/mol. The van der Waals surface area contributed by atoms with E-state index >= 15 is 0 Å². The summed E-state index contributed by atoms with van der Waals surface area (Å²) in [7, 11) is 3.14. The molecule has 0 unspecified atom stereocenters. The predicted molar refractivity (Wildman–Crippen MR) is 100 cm³/mol. The zero-order valence-electron chi connectivity index (χ0n) is 15.5. The van der Waals surface area contributed by atoms with Crippen LogP contribution in [0.4, 0.5) is 4.79 Å². The van der Waals surface area contributed by atoms with E-state index in [0.717, 1.165) is 24.1 Å². The fourth-order valence-electron chi connectivity index (χ4n) is 2.74. The van der Waals surface area contributed by atoms with E-state index in [9.17, 15) is 9.59 Å². The molecule has 8 heteroatoms. The number of hydrogen-bond acceptors (Lipinski definition) is 5. The molecule has 0 aliphatic heterocycles. The second-order valence-electron chi connectivity index (χ2n) is 6.42. The number of benzene rings is 1. The Morgan fingerprint density at radius 2 is 1.96 bits per heavy atom. The van der Waals surface area contributed by atoms with Crippen LogP contribution < -0.4 is 25.7 Å². The van der Waals surface area contributed by atoms with Crippen molar-refractivity contribution in [3.8, 4) is 11.5 Å². The highest BCUT2D eigenvalue weighted by Gasteiger charge is 2.25. The molecule has 0 atom stereocenters. The van der Waals surface area contributed by atoms with E-state index in [4.69, 9.17) is 9.47 Å². The Bertz CT molecular complexity index is 861. The maximum atomic E-state index is 12.0. The SMILES string of the molecule is COc1ccc(CNC(=O)NCCn2cnc(C3CC3)cc2=O)cc1OC. The second-order valence-corrected chi connectivity index (χ2v) is 6.42. The molecular formula is C19H24N4O4. The third-order valence-corrected chi connectivity index (χ3v) is 4.44. The minimum Gasteiger partial charge on any atom is -0.493 e. The maximum Gasteiger partial charge on any atom is 0.315 e. The standard InChI is InChI=1S/C19H24N4O4/c1-26-16-6-3-13(9-17(16)27-2)11-21-19(25)20-7-8-23-12-22-15(10-18(23)24)14-4-5-14/h3,6,9-10,12,14H,4-5,7-8,11H2,1-2H3,(H2,20,21,25). The Morgan fingerprint density at radius 3 is 2.63 bits per heavy atom. The highest BCUT2D eigenvalue weighted by atomic mass is 16.5. The number of nitrogens with zero attached hydrogens (tertiary/aromatic N) is 2. The summed E-state index contributed by atoms with van der Waals surface area (Å²) in [6, 6.07) is 6.74. The highest BCUT2D eigenvalue weighted by Crippen LogP contribution is 2.38. The molecule has 1 aliphatic rings. The lowest BCUT2D eigenvalue weighted by molar-refractivity contribution is 0.240. The van der Waals surface area contributed by atoms with Gasteiger partial charge in [-0.1, -0.05) is 6.07 Å². The van der Waals surface area contributed by atoms with E-state index in [2.05, 4.69) is 15.6 Å². The van der Waals surface area contributed by atoms with Gasteiger partial charge in [-0.2, -0.15) is 0 Å². The van der Waals surface area contributed by atoms with Crippen molar-refractivity contribution < 1.29 is 14.3 Å². The number of hydrogen-bond donors (Lipinski definition) is 2. The number of carbonyl (C=O) groups excluding carboxylic acids is 1. The van der Waals surface area contributed by atoms with Gasteiger partial charge in [-0.15, -0.1) is 0 Å². The van der Waals surface area contributed by atoms with Crippen LogP contribution >= 0.6 is 0 Å². The van der Waals surface area contributed by atoms with Crippen LogP contribution in [0.3, 0.4) is 0 Å². The first-order valence-electron chi connectivity index (χ1n) is 8.89. The Hall–Kier alpha value is -3.03. The average Bonchev–Trinajstić information content (AvgIpc) is 3.52. The number of urea groups is 1. The summed E-state index contributed by atoms with van der Waals surface area (Å²) in [5.74, 6) is 1.70. The first-order valence-corrected chi connectivity index (χ1v) is 8.89. The molecule has 1 heterocycles.